The minimum absolute atomic E-state index is 0.252. The predicted octanol–water partition coefficient (Wildman–Crippen LogP) is 5.00. The third-order valence-corrected chi connectivity index (χ3v) is 7.24. The number of benzene rings is 1. The maximum Gasteiger partial charge on any atom is 0.410 e. The number of anilines is 4. The number of fused-ring (bicyclic) bond motifs is 1. The highest BCUT2D eigenvalue weighted by atomic mass is 35.5. The third kappa shape index (κ3) is 7.44. The Hall–Kier alpha value is -4.16. The Kier molecular flexibility index (Phi) is 9.16. The molecule has 13 heteroatoms. The van der Waals surface area contributed by atoms with Crippen LogP contribution in [0.3, 0.4) is 0 Å². The van der Waals surface area contributed by atoms with Crippen molar-refractivity contribution in [3.63, 3.8) is 0 Å². The van der Waals surface area contributed by atoms with E-state index >= 15 is 0 Å². The molecule has 0 saturated carbocycles. The molecule has 2 aromatic heterocycles. The molecule has 1 saturated heterocycles. The van der Waals surface area contributed by atoms with E-state index in [4.69, 9.17) is 21.1 Å². The number of amides is 2. The second-order valence-corrected chi connectivity index (χ2v) is 11.7. The van der Waals surface area contributed by atoms with E-state index < -0.39 is 11.4 Å². The average Bonchev–Trinajstić information content (AvgIpc) is 2.99. The summed E-state index contributed by atoms with van der Waals surface area (Å²) in [5, 5.41) is 6.96. The van der Waals surface area contributed by atoms with Gasteiger partial charge in [-0.25, -0.2) is 14.2 Å². The van der Waals surface area contributed by atoms with Crippen molar-refractivity contribution in [2.75, 3.05) is 68.0 Å². The molecular weight excluding hydrogens is 577 g/mol. The van der Waals surface area contributed by atoms with Crippen LogP contribution in [0.2, 0.25) is 5.02 Å². The van der Waals surface area contributed by atoms with Crippen molar-refractivity contribution in [2.45, 2.75) is 26.4 Å². The van der Waals surface area contributed by atoms with Crippen LogP contribution in [0.15, 0.2) is 42.7 Å². The van der Waals surface area contributed by atoms with Gasteiger partial charge >= 0.3 is 6.09 Å². The fraction of sp³-hybridized carbons (Fsp3) is 0.400. The van der Waals surface area contributed by atoms with E-state index in [2.05, 4.69) is 25.5 Å². The number of hydrogen-bond donors (Lipinski definition) is 2. The molecule has 228 valence electrons. The number of nitrogens with one attached hydrogen (secondary N) is 2. The van der Waals surface area contributed by atoms with Crippen LogP contribution in [0, 0.1) is 5.82 Å². The van der Waals surface area contributed by atoms with Gasteiger partial charge < -0.3 is 29.9 Å². The van der Waals surface area contributed by atoms with E-state index in [-0.39, 0.29) is 11.7 Å². The number of aromatic nitrogens is 2. The Morgan fingerprint density at radius 3 is 2.74 bits per heavy atom. The summed E-state index contributed by atoms with van der Waals surface area (Å²) in [7, 11) is 0. The van der Waals surface area contributed by atoms with Crippen LogP contribution in [0.1, 0.15) is 20.8 Å². The van der Waals surface area contributed by atoms with Gasteiger partial charge in [0.05, 0.1) is 35.5 Å². The molecule has 1 fully saturated rings. The molecule has 0 radical (unpaired) electrons. The number of carbonyl (C=O) groups excluding carboxylic acids is 2. The van der Waals surface area contributed by atoms with Gasteiger partial charge in [0.15, 0.2) is 11.6 Å². The summed E-state index contributed by atoms with van der Waals surface area (Å²) in [6.45, 7) is 9.96. The van der Waals surface area contributed by atoms with Gasteiger partial charge in [0, 0.05) is 56.1 Å². The summed E-state index contributed by atoms with van der Waals surface area (Å²) in [5.41, 5.74) is 1.80. The largest absolute Gasteiger partial charge is 0.486 e. The van der Waals surface area contributed by atoms with Crippen LogP contribution in [-0.4, -0.2) is 90.3 Å². The van der Waals surface area contributed by atoms with E-state index in [9.17, 15) is 14.0 Å². The van der Waals surface area contributed by atoms with Crippen molar-refractivity contribution in [1.82, 2.24) is 19.8 Å². The first-order valence-corrected chi connectivity index (χ1v) is 14.5. The summed E-state index contributed by atoms with van der Waals surface area (Å²) in [6, 6.07) is 7.76. The number of hydrogen-bond acceptors (Lipinski definition) is 9. The lowest BCUT2D eigenvalue weighted by Gasteiger charge is -2.36. The number of piperazine rings is 1. The summed E-state index contributed by atoms with van der Waals surface area (Å²) in [6.07, 6.45) is 3.69. The van der Waals surface area contributed by atoms with Crippen LogP contribution in [0.4, 0.5) is 32.1 Å². The minimum atomic E-state index is -0.542. The van der Waals surface area contributed by atoms with Crippen LogP contribution in [0.25, 0.3) is 11.3 Å². The van der Waals surface area contributed by atoms with E-state index in [0.717, 1.165) is 6.41 Å². The quantitative estimate of drug-likeness (QED) is 0.340. The van der Waals surface area contributed by atoms with E-state index in [1.54, 1.807) is 34.3 Å². The molecule has 1 aromatic carbocycles. The molecule has 0 unspecified atom stereocenters. The van der Waals surface area contributed by atoms with Gasteiger partial charge in [-0.05, 0) is 51.1 Å². The molecule has 3 aromatic rings. The molecule has 2 amide bonds. The number of ether oxygens (including phenoxy) is 2. The Morgan fingerprint density at radius 2 is 2.00 bits per heavy atom. The number of rotatable bonds is 8. The molecule has 2 aliphatic rings. The third-order valence-electron chi connectivity index (χ3n) is 7.01. The van der Waals surface area contributed by atoms with Crippen molar-refractivity contribution >= 4 is 47.0 Å². The summed E-state index contributed by atoms with van der Waals surface area (Å²) < 4.78 is 26.2. The molecule has 0 bridgehead atoms. The SMILES string of the molecule is CC(C)(C)OC(=O)N1CCN(CCN(C=O)c2cnccc2Nc2cc(-c3cc(Cl)ccc3F)nc3c2OCCN3)CC1. The molecule has 11 nitrogen and oxygen atoms in total. The first-order valence-electron chi connectivity index (χ1n) is 14.1. The lowest BCUT2D eigenvalue weighted by atomic mass is 10.1. The lowest BCUT2D eigenvalue weighted by molar-refractivity contribution is -0.107. The van der Waals surface area contributed by atoms with Gasteiger partial charge in [-0.1, -0.05) is 11.6 Å². The van der Waals surface area contributed by atoms with Gasteiger partial charge in [0.1, 0.15) is 18.0 Å². The van der Waals surface area contributed by atoms with Gasteiger partial charge in [-0.3, -0.25) is 14.7 Å². The molecule has 0 spiro atoms. The summed E-state index contributed by atoms with van der Waals surface area (Å²) >= 11 is 6.16. The second kappa shape index (κ2) is 13.0. The van der Waals surface area contributed by atoms with E-state index in [1.807, 2.05) is 20.8 Å². The Bertz CT molecular complexity index is 1480. The highest BCUT2D eigenvalue weighted by Gasteiger charge is 2.26. The van der Waals surface area contributed by atoms with Crippen molar-refractivity contribution in [2.24, 2.45) is 0 Å². The number of halogens is 2. The van der Waals surface area contributed by atoms with Gasteiger partial charge in [0.25, 0.3) is 0 Å². The minimum Gasteiger partial charge on any atom is -0.486 e. The molecule has 0 aliphatic carbocycles. The molecular formula is C30H35ClFN7O4. The normalized spacial score (nSPS) is 15.1. The molecule has 2 aliphatic heterocycles. The van der Waals surface area contributed by atoms with E-state index in [1.165, 1.54) is 18.2 Å². The van der Waals surface area contributed by atoms with Crippen LogP contribution < -0.4 is 20.3 Å². The van der Waals surface area contributed by atoms with Crippen molar-refractivity contribution in [3.05, 3.63) is 53.6 Å². The topological polar surface area (TPSA) is 112 Å². The molecule has 2 N–H and O–H groups in total. The first-order chi connectivity index (χ1) is 20.6. The zero-order valence-electron chi connectivity index (χ0n) is 24.4. The molecule has 4 heterocycles. The number of nitrogens with zero attached hydrogens (tertiary/aromatic N) is 5. The fourth-order valence-electron chi connectivity index (χ4n) is 4.87. The average molecular weight is 612 g/mol. The van der Waals surface area contributed by atoms with E-state index in [0.29, 0.717) is 91.8 Å². The van der Waals surface area contributed by atoms with Crippen LogP contribution in [-0.2, 0) is 9.53 Å². The Labute approximate surface area is 254 Å². The summed E-state index contributed by atoms with van der Waals surface area (Å²) in [5.74, 6) is 0.503. The predicted molar refractivity (Wildman–Crippen MR) is 164 cm³/mol. The molecule has 0 atom stereocenters. The van der Waals surface area contributed by atoms with Crippen LogP contribution >= 0.6 is 11.6 Å². The molecule has 5 rings (SSSR count). The number of pyridine rings is 2. The van der Waals surface area contributed by atoms with Gasteiger partial charge in [0.2, 0.25) is 6.41 Å². The highest BCUT2D eigenvalue weighted by molar-refractivity contribution is 6.30. The van der Waals surface area contributed by atoms with Crippen molar-refractivity contribution < 1.29 is 23.5 Å². The van der Waals surface area contributed by atoms with Gasteiger partial charge in [-0.15, -0.1) is 0 Å². The van der Waals surface area contributed by atoms with Gasteiger partial charge in [-0.2, -0.15) is 0 Å². The monoisotopic (exact) mass is 611 g/mol. The van der Waals surface area contributed by atoms with Crippen LogP contribution in [0.5, 0.6) is 5.75 Å². The maximum atomic E-state index is 14.8. The highest BCUT2D eigenvalue weighted by Crippen LogP contribution is 2.41. The second-order valence-electron chi connectivity index (χ2n) is 11.3. The van der Waals surface area contributed by atoms with Crippen molar-refractivity contribution in [1.29, 1.82) is 0 Å². The Balaban J connectivity index is 1.32. The van der Waals surface area contributed by atoms with Crippen molar-refractivity contribution in [3.8, 4) is 17.0 Å². The smallest absolute Gasteiger partial charge is 0.410 e. The standard InChI is InChI=1S/C30H35ClFN7O4/c1-30(2,3)43-29(41)38-12-9-37(10-13-38)11-14-39(19-40)26-18-33-7-6-23(26)35-25-17-24(21-16-20(31)4-5-22(21)32)36-28-27(25)42-15-8-34-28/h4-7,16-19H,8-15H2,1-3H3,(H2,33,34,35,36). The zero-order chi connectivity index (χ0) is 30.6. The first kappa shape index (κ1) is 30.3. The fourth-order valence-corrected chi connectivity index (χ4v) is 5.04. The maximum absolute atomic E-state index is 14.8. The Morgan fingerprint density at radius 1 is 1.21 bits per heavy atom. The summed E-state index contributed by atoms with van der Waals surface area (Å²) in [4.78, 5) is 39.0. The lowest BCUT2D eigenvalue weighted by Crippen LogP contribution is -2.51. The molecule has 43 heavy (non-hydrogen) atoms. The number of carbonyl (C=O) groups is 2. The zero-order valence-corrected chi connectivity index (χ0v) is 25.2.